The number of hydrogen-bond acceptors (Lipinski definition) is 7. The third-order valence-electron chi connectivity index (χ3n) is 4.64. The number of rotatable bonds is 5. The van der Waals surface area contributed by atoms with Crippen molar-refractivity contribution >= 4 is 35.0 Å². The molecule has 27 heavy (non-hydrogen) atoms. The average Bonchev–Trinajstić information content (AvgIpc) is 3.19. The number of β-lactam (4-membered cyclic amide) rings is 1. The number of aliphatic hydroxyl groups is 1. The zero-order valence-electron chi connectivity index (χ0n) is 14.8. The molecule has 0 aliphatic carbocycles. The standard InChI is InChI=1S/C18H16N2O4S2.Na/c1-9(21)14-12-7-13(15(17(23)24)20(12)16(14)22)26-18-19-11(8-25-18)10-5-3-2-4-6-10;/h2-6,8-9,12,14,21H,7H2,1H3,(H,23,24);/q;+1/p-1/t9-,12-,14-;/m1./s1. The fourth-order valence-corrected chi connectivity index (χ4v) is 5.54. The molecule has 1 amide bonds. The minimum absolute atomic E-state index is 0. The summed E-state index contributed by atoms with van der Waals surface area (Å²) in [5.74, 6) is -2.28. The minimum Gasteiger partial charge on any atom is -0.543 e. The number of aliphatic carboxylic acids is 1. The van der Waals surface area contributed by atoms with Gasteiger partial charge in [0.1, 0.15) is 0 Å². The molecule has 0 spiro atoms. The van der Waals surface area contributed by atoms with E-state index in [1.807, 2.05) is 35.7 Å². The number of carbonyl (C=O) groups excluding carboxylic acids is 2. The number of amides is 1. The summed E-state index contributed by atoms with van der Waals surface area (Å²) in [6.45, 7) is 1.55. The second-order valence-electron chi connectivity index (χ2n) is 6.27. The Morgan fingerprint density at radius 1 is 1.41 bits per heavy atom. The summed E-state index contributed by atoms with van der Waals surface area (Å²) in [6, 6.07) is 9.41. The number of carboxylic acid groups (broad SMARTS) is 1. The Morgan fingerprint density at radius 3 is 2.74 bits per heavy atom. The van der Waals surface area contributed by atoms with Crippen LogP contribution >= 0.6 is 23.1 Å². The molecule has 1 aromatic heterocycles. The van der Waals surface area contributed by atoms with E-state index < -0.39 is 18.0 Å². The van der Waals surface area contributed by atoms with E-state index in [9.17, 15) is 19.8 Å². The maximum atomic E-state index is 12.2. The first-order valence-electron chi connectivity index (χ1n) is 8.12. The molecule has 0 radical (unpaired) electrons. The summed E-state index contributed by atoms with van der Waals surface area (Å²) in [6.07, 6.45) is -0.407. The van der Waals surface area contributed by atoms with Gasteiger partial charge in [-0.05, 0) is 6.92 Å². The van der Waals surface area contributed by atoms with E-state index in [1.165, 1.54) is 28.0 Å². The fourth-order valence-electron chi connectivity index (χ4n) is 3.46. The Bertz CT molecular complexity index is 913. The Kier molecular flexibility index (Phi) is 6.14. The van der Waals surface area contributed by atoms with Crippen molar-refractivity contribution < 1.29 is 49.4 Å². The van der Waals surface area contributed by atoms with E-state index in [0.29, 0.717) is 15.7 Å². The van der Waals surface area contributed by atoms with Gasteiger partial charge in [0, 0.05) is 22.3 Å². The number of hydrogen-bond donors (Lipinski definition) is 1. The van der Waals surface area contributed by atoms with Gasteiger partial charge >= 0.3 is 29.6 Å². The van der Waals surface area contributed by atoms with Crippen molar-refractivity contribution in [1.82, 2.24) is 9.88 Å². The molecular formula is C18H15N2NaO4S2. The SMILES string of the molecule is C[C@@H](O)[C@H]1C(=O)N2C(C(=O)[O-])=C(Sc3nc(-c4ccccc4)cs3)C[C@H]12.[Na+]. The number of carboxylic acids is 1. The molecule has 0 saturated carbocycles. The van der Waals surface area contributed by atoms with Crippen LogP contribution in [-0.2, 0) is 9.59 Å². The molecule has 1 aromatic carbocycles. The fraction of sp³-hybridized carbons (Fsp3) is 0.278. The number of thiazole rings is 1. The topological polar surface area (TPSA) is 93.6 Å². The van der Waals surface area contributed by atoms with E-state index in [1.54, 1.807) is 6.92 Å². The normalized spacial score (nSPS) is 22.1. The number of nitrogens with zero attached hydrogens (tertiary/aromatic N) is 2. The minimum atomic E-state index is -1.37. The van der Waals surface area contributed by atoms with Crippen LogP contribution in [0.3, 0.4) is 0 Å². The predicted molar refractivity (Wildman–Crippen MR) is 95.9 cm³/mol. The summed E-state index contributed by atoms with van der Waals surface area (Å²) in [7, 11) is 0. The molecule has 1 N–H and O–H groups in total. The molecule has 1 fully saturated rings. The van der Waals surface area contributed by atoms with Crippen LogP contribution in [0.4, 0.5) is 0 Å². The van der Waals surface area contributed by atoms with Gasteiger partial charge in [-0.15, -0.1) is 11.3 Å². The molecule has 0 unspecified atom stereocenters. The van der Waals surface area contributed by atoms with Gasteiger partial charge in [-0.3, -0.25) is 4.79 Å². The van der Waals surface area contributed by atoms with Crippen LogP contribution in [0.1, 0.15) is 13.3 Å². The van der Waals surface area contributed by atoms with Crippen LogP contribution in [0.5, 0.6) is 0 Å². The number of fused-ring (bicyclic) bond motifs is 1. The molecule has 0 bridgehead atoms. The summed E-state index contributed by atoms with van der Waals surface area (Å²) >= 11 is 2.68. The monoisotopic (exact) mass is 410 g/mol. The van der Waals surface area contributed by atoms with E-state index in [-0.39, 0.29) is 47.2 Å². The molecule has 2 aliphatic heterocycles. The molecule has 9 heteroatoms. The van der Waals surface area contributed by atoms with Crippen LogP contribution in [-0.4, -0.2) is 39.0 Å². The molecular weight excluding hydrogens is 395 g/mol. The Labute approximate surface area is 186 Å². The van der Waals surface area contributed by atoms with Crippen LogP contribution in [0, 0.1) is 5.92 Å². The predicted octanol–water partition coefficient (Wildman–Crippen LogP) is -1.52. The maximum Gasteiger partial charge on any atom is 1.00 e. The van der Waals surface area contributed by atoms with Crippen molar-refractivity contribution in [2.45, 2.75) is 29.8 Å². The second-order valence-corrected chi connectivity index (χ2v) is 8.47. The smallest absolute Gasteiger partial charge is 0.543 e. The first-order chi connectivity index (χ1) is 12.5. The molecule has 2 aliphatic rings. The Morgan fingerprint density at radius 2 is 2.11 bits per heavy atom. The van der Waals surface area contributed by atoms with Gasteiger partial charge in [-0.1, -0.05) is 42.1 Å². The second kappa shape index (κ2) is 8.06. The number of benzene rings is 1. The zero-order chi connectivity index (χ0) is 18.4. The summed E-state index contributed by atoms with van der Waals surface area (Å²) in [5.41, 5.74) is 1.73. The number of thioether (sulfide) groups is 1. The Hall–Kier alpha value is -1.16. The van der Waals surface area contributed by atoms with E-state index in [2.05, 4.69) is 4.98 Å². The largest absolute Gasteiger partial charge is 1.00 e. The van der Waals surface area contributed by atoms with Gasteiger partial charge in [0.05, 0.1) is 35.4 Å². The molecule has 4 rings (SSSR count). The van der Waals surface area contributed by atoms with Crippen LogP contribution in [0.2, 0.25) is 0 Å². The van der Waals surface area contributed by atoms with Crippen LogP contribution in [0.15, 0.2) is 50.7 Å². The molecule has 1 saturated heterocycles. The van der Waals surface area contributed by atoms with Crippen molar-refractivity contribution in [3.63, 3.8) is 0 Å². The van der Waals surface area contributed by atoms with Gasteiger partial charge in [0.2, 0.25) is 5.91 Å². The number of carbonyl (C=O) groups is 2. The van der Waals surface area contributed by atoms with Gasteiger partial charge in [-0.2, -0.15) is 0 Å². The summed E-state index contributed by atoms with van der Waals surface area (Å²) < 4.78 is 0.709. The van der Waals surface area contributed by atoms with Crippen molar-refractivity contribution in [2.24, 2.45) is 5.92 Å². The molecule has 6 nitrogen and oxygen atoms in total. The van der Waals surface area contributed by atoms with Crippen LogP contribution in [0.25, 0.3) is 11.3 Å². The third kappa shape index (κ3) is 3.62. The van der Waals surface area contributed by atoms with Crippen LogP contribution < -0.4 is 34.7 Å². The quantitative estimate of drug-likeness (QED) is 0.475. The van der Waals surface area contributed by atoms with Crippen molar-refractivity contribution in [2.75, 3.05) is 0 Å². The van der Waals surface area contributed by atoms with E-state index in [4.69, 9.17) is 0 Å². The maximum absolute atomic E-state index is 12.2. The first-order valence-corrected chi connectivity index (χ1v) is 9.81. The third-order valence-corrected chi connectivity index (χ3v) is 6.69. The summed E-state index contributed by atoms with van der Waals surface area (Å²) in [4.78, 5) is 30.2. The first kappa shape index (κ1) is 20.6. The van der Waals surface area contributed by atoms with Crippen molar-refractivity contribution in [1.29, 1.82) is 0 Å². The zero-order valence-corrected chi connectivity index (χ0v) is 18.4. The van der Waals surface area contributed by atoms with Crippen molar-refractivity contribution in [3.8, 4) is 11.3 Å². The van der Waals surface area contributed by atoms with E-state index >= 15 is 0 Å². The molecule has 3 atom stereocenters. The molecule has 134 valence electrons. The van der Waals surface area contributed by atoms with Crippen molar-refractivity contribution in [3.05, 3.63) is 46.3 Å². The van der Waals surface area contributed by atoms with Gasteiger partial charge in [0.25, 0.3) is 0 Å². The average molecular weight is 410 g/mol. The molecule has 2 aromatic rings. The number of aliphatic hydroxyl groups excluding tert-OH is 1. The van der Waals surface area contributed by atoms with Gasteiger partial charge in [0.15, 0.2) is 4.34 Å². The van der Waals surface area contributed by atoms with Gasteiger partial charge < -0.3 is 19.9 Å². The van der Waals surface area contributed by atoms with Gasteiger partial charge in [-0.25, -0.2) is 4.98 Å². The number of aromatic nitrogens is 1. The Balaban J connectivity index is 0.00000210. The summed E-state index contributed by atoms with van der Waals surface area (Å²) in [5, 5.41) is 23.3. The molecule has 3 heterocycles. The van der Waals surface area contributed by atoms with E-state index in [0.717, 1.165) is 11.3 Å².